The summed E-state index contributed by atoms with van der Waals surface area (Å²) in [6.45, 7) is 0. The van der Waals surface area contributed by atoms with Crippen LogP contribution in [-0.4, -0.2) is 0 Å². The molecule has 4 rings (SSSR count). The lowest BCUT2D eigenvalue weighted by Crippen LogP contribution is -2.11. The van der Waals surface area contributed by atoms with Gasteiger partial charge in [-0.05, 0) is 48.0 Å². The van der Waals surface area contributed by atoms with E-state index >= 15 is 0 Å². The highest BCUT2D eigenvalue weighted by Crippen LogP contribution is 2.42. The molecule has 138 valence electrons. The van der Waals surface area contributed by atoms with Crippen LogP contribution in [0.25, 0.3) is 11.1 Å². The van der Waals surface area contributed by atoms with E-state index < -0.39 is 0 Å². The molecule has 0 unspecified atom stereocenters. The van der Waals surface area contributed by atoms with E-state index in [4.69, 9.17) is 11.6 Å². The van der Waals surface area contributed by atoms with Gasteiger partial charge in [0.1, 0.15) is 0 Å². The molecule has 0 amide bonds. The minimum Gasteiger partial charge on any atom is -0.310 e. The number of benzene rings is 4. The van der Waals surface area contributed by atoms with Gasteiger partial charge in [-0.2, -0.15) is 0 Å². The molecule has 0 aliphatic carbocycles. The van der Waals surface area contributed by atoms with Gasteiger partial charge in [0.05, 0.1) is 5.69 Å². The lowest BCUT2D eigenvalue weighted by molar-refractivity contribution is 1.28. The van der Waals surface area contributed by atoms with Gasteiger partial charge in [-0.25, -0.2) is 0 Å². The fourth-order valence-electron chi connectivity index (χ4n) is 3.24. The summed E-state index contributed by atoms with van der Waals surface area (Å²) < 4.78 is 2.00. The monoisotopic (exact) mass is 511 g/mol. The molecule has 0 bridgehead atoms. The second-order valence-electron chi connectivity index (χ2n) is 6.33. The number of hydrogen-bond acceptors (Lipinski definition) is 1. The Hall–Kier alpha value is -2.07. The van der Waals surface area contributed by atoms with Gasteiger partial charge in [0.2, 0.25) is 0 Å². The van der Waals surface area contributed by atoms with Gasteiger partial charge in [-0.1, -0.05) is 98.1 Å². The van der Waals surface area contributed by atoms with Crippen molar-refractivity contribution in [1.29, 1.82) is 0 Å². The number of nitrogens with zero attached hydrogens (tertiary/aromatic N) is 1. The predicted molar refractivity (Wildman–Crippen MR) is 127 cm³/mol. The summed E-state index contributed by atoms with van der Waals surface area (Å²) in [5, 5.41) is 0.703. The van der Waals surface area contributed by atoms with Gasteiger partial charge in [-0.3, -0.25) is 0 Å². The zero-order chi connectivity index (χ0) is 19.5. The molecule has 0 heterocycles. The molecule has 4 aromatic carbocycles. The minimum atomic E-state index is 0.703. The maximum Gasteiger partial charge on any atom is 0.0540 e. The first kappa shape index (κ1) is 19.3. The second kappa shape index (κ2) is 8.52. The zero-order valence-corrected chi connectivity index (χ0v) is 18.7. The molecule has 0 saturated carbocycles. The Kier molecular flexibility index (Phi) is 5.86. The van der Waals surface area contributed by atoms with Crippen molar-refractivity contribution in [3.8, 4) is 11.1 Å². The quantitative estimate of drug-likeness (QED) is 0.263. The van der Waals surface area contributed by atoms with E-state index in [9.17, 15) is 0 Å². The van der Waals surface area contributed by atoms with Crippen LogP contribution in [0.2, 0.25) is 5.02 Å². The molecule has 4 aromatic rings. The van der Waals surface area contributed by atoms with Crippen LogP contribution in [0.15, 0.2) is 106 Å². The lowest BCUT2D eigenvalue weighted by atomic mass is 10.0. The SMILES string of the molecule is Clc1cccc(N(c2cc(Br)cc(Br)c2)c2ccccc2-c2ccccc2)c1. The van der Waals surface area contributed by atoms with E-state index in [1.807, 2.05) is 30.3 Å². The largest absolute Gasteiger partial charge is 0.310 e. The van der Waals surface area contributed by atoms with Crippen molar-refractivity contribution in [3.63, 3.8) is 0 Å². The smallest absolute Gasteiger partial charge is 0.0540 e. The third kappa shape index (κ3) is 4.17. The van der Waals surface area contributed by atoms with Crippen LogP contribution in [0.4, 0.5) is 17.1 Å². The van der Waals surface area contributed by atoms with Gasteiger partial charge < -0.3 is 4.90 Å². The molecule has 4 heteroatoms. The highest BCUT2D eigenvalue weighted by Gasteiger charge is 2.17. The molecule has 0 aliphatic rings. The topological polar surface area (TPSA) is 3.24 Å². The summed E-state index contributed by atoms with van der Waals surface area (Å²) in [5.41, 5.74) is 5.44. The summed E-state index contributed by atoms with van der Waals surface area (Å²) in [6.07, 6.45) is 0. The third-order valence-corrected chi connectivity index (χ3v) is 5.55. The summed E-state index contributed by atoms with van der Waals surface area (Å²) in [6, 6.07) is 33.0. The number of para-hydroxylation sites is 1. The van der Waals surface area contributed by atoms with Gasteiger partial charge in [0.15, 0.2) is 0 Å². The standard InChI is InChI=1S/C24H16Br2ClN/c25-18-13-19(26)15-22(14-18)28(21-10-6-9-20(27)16-21)24-12-5-4-11-23(24)17-7-2-1-3-8-17/h1-16H. The zero-order valence-electron chi connectivity index (χ0n) is 14.8. The molecular formula is C24H16Br2ClN. The molecule has 0 aromatic heterocycles. The van der Waals surface area contributed by atoms with E-state index in [-0.39, 0.29) is 0 Å². The first-order valence-corrected chi connectivity index (χ1v) is 10.7. The molecule has 0 N–H and O–H groups in total. The van der Waals surface area contributed by atoms with Gasteiger partial charge in [-0.15, -0.1) is 0 Å². The van der Waals surface area contributed by atoms with Gasteiger partial charge in [0, 0.05) is 30.9 Å². The van der Waals surface area contributed by atoms with Gasteiger partial charge in [0.25, 0.3) is 0 Å². The molecule has 0 spiro atoms. The molecule has 0 fully saturated rings. The van der Waals surface area contributed by atoms with E-state index in [2.05, 4.69) is 103 Å². The molecule has 0 aliphatic heterocycles. The van der Waals surface area contributed by atoms with E-state index in [1.165, 1.54) is 5.56 Å². The van der Waals surface area contributed by atoms with Crippen LogP contribution >= 0.6 is 43.5 Å². The van der Waals surface area contributed by atoms with Crippen molar-refractivity contribution in [3.05, 3.63) is 111 Å². The van der Waals surface area contributed by atoms with Crippen molar-refractivity contribution in [1.82, 2.24) is 0 Å². The summed E-state index contributed by atoms with van der Waals surface area (Å²) in [4.78, 5) is 2.23. The van der Waals surface area contributed by atoms with Crippen LogP contribution in [0.1, 0.15) is 0 Å². The van der Waals surface area contributed by atoms with E-state index in [0.717, 1.165) is 31.6 Å². The highest BCUT2D eigenvalue weighted by atomic mass is 79.9. The van der Waals surface area contributed by atoms with Crippen molar-refractivity contribution in [2.75, 3.05) is 4.90 Å². The Bertz CT molecular complexity index is 1090. The molecular weight excluding hydrogens is 498 g/mol. The summed E-state index contributed by atoms with van der Waals surface area (Å²) in [7, 11) is 0. The maximum atomic E-state index is 6.34. The second-order valence-corrected chi connectivity index (χ2v) is 8.59. The van der Waals surface area contributed by atoms with Crippen LogP contribution in [0, 0.1) is 0 Å². The number of anilines is 3. The molecule has 1 nitrogen and oxygen atoms in total. The minimum absolute atomic E-state index is 0.703. The van der Waals surface area contributed by atoms with Gasteiger partial charge >= 0.3 is 0 Å². The van der Waals surface area contributed by atoms with Crippen LogP contribution in [0.3, 0.4) is 0 Å². The Labute approximate surface area is 186 Å². The number of halogens is 3. The molecule has 28 heavy (non-hydrogen) atoms. The maximum absolute atomic E-state index is 6.34. The molecule has 0 atom stereocenters. The van der Waals surface area contributed by atoms with Crippen molar-refractivity contribution < 1.29 is 0 Å². The van der Waals surface area contributed by atoms with Crippen LogP contribution < -0.4 is 4.90 Å². The molecule has 0 radical (unpaired) electrons. The Morgan fingerprint density at radius 2 is 1.29 bits per heavy atom. The average Bonchev–Trinajstić information content (AvgIpc) is 2.69. The molecule has 0 saturated heterocycles. The fraction of sp³-hybridized carbons (Fsp3) is 0. The van der Waals surface area contributed by atoms with Crippen molar-refractivity contribution in [2.45, 2.75) is 0 Å². The summed E-state index contributed by atoms with van der Waals surface area (Å²) >= 11 is 13.6. The van der Waals surface area contributed by atoms with Crippen molar-refractivity contribution >= 4 is 60.5 Å². The predicted octanol–water partition coefficient (Wildman–Crippen LogP) is 9.00. The number of hydrogen-bond donors (Lipinski definition) is 0. The van der Waals surface area contributed by atoms with E-state index in [0.29, 0.717) is 5.02 Å². The normalized spacial score (nSPS) is 10.7. The highest BCUT2D eigenvalue weighted by molar-refractivity contribution is 9.11. The van der Waals surface area contributed by atoms with E-state index in [1.54, 1.807) is 0 Å². The van der Waals surface area contributed by atoms with Crippen LogP contribution in [0.5, 0.6) is 0 Å². The Morgan fingerprint density at radius 3 is 2.00 bits per heavy atom. The Balaban J connectivity index is 1.97. The first-order valence-electron chi connectivity index (χ1n) is 8.78. The lowest BCUT2D eigenvalue weighted by Gasteiger charge is -2.28. The average molecular weight is 514 g/mol. The van der Waals surface area contributed by atoms with Crippen LogP contribution in [-0.2, 0) is 0 Å². The fourth-order valence-corrected chi connectivity index (χ4v) is 4.70. The third-order valence-electron chi connectivity index (χ3n) is 4.40. The van der Waals surface area contributed by atoms with Crippen molar-refractivity contribution in [2.24, 2.45) is 0 Å². The first-order chi connectivity index (χ1) is 13.6. The Morgan fingerprint density at radius 1 is 0.607 bits per heavy atom. The number of rotatable bonds is 4. The summed E-state index contributed by atoms with van der Waals surface area (Å²) in [5.74, 6) is 0.